The summed E-state index contributed by atoms with van der Waals surface area (Å²) in [4.78, 5) is 28.3. The van der Waals surface area contributed by atoms with Gasteiger partial charge in [0.1, 0.15) is 17.3 Å². The van der Waals surface area contributed by atoms with Crippen molar-refractivity contribution in [3.05, 3.63) is 101 Å². The molecule has 0 aromatic heterocycles. The van der Waals surface area contributed by atoms with Gasteiger partial charge in [-0.1, -0.05) is 69.3 Å². The van der Waals surface area contributed by atoms with E-state index in [2.05, 4.69) is 20.8 Å². The monoisotopic (exact) mass is 513 g/mol. The second kappa shape index (κ2) is 11.1. The van der Waals surface area contributed by atoms with Gasteiger partial charge in [-0.2, -0.15) is 0 Å². The van der Waals surface area contributed by atoms with Crippen LogP contribution in [0.25, 0.3) is 5.76 Å². The van der Waals surface area contributed by atoms with Gasteiger partial charge in [0.25, 0.3) is 11.7 Å². The number of benzene rings is 3. The molecule has 1 aliphatic heterocycles. The van der Waals surface area contributed by atoms with E-state index in [0.29, 0.717) is 30.9 Å². The number of aliphatic hydroxyl groups is 1. The molecule has 1 amide bonds. The number of carbonyl (C=O) groups is 2. The van der Waals surface area contributed by atoms with Crippen LogP contribution in [0.5, 0.6) is 11.5 Å². The molecule has 1 saturated heterocycles. The van der Waals surface area contributed by atoms with Gasteiger partial charge in [0.15, 0.2) is 0 Å². The molecule has 0 radical (unpaired) electrons. The summed E-state index contributed by atoms with van der Waals surface area (Å²) in [5.74, 6) is -0.185. The average molecular weight is 514 g/mol. The lowest BCUT2D eigenvalue weighted by atomic mass is 9.85. The Morgan fingerprint density at radius 1 is 0.947 bits per heavy atom. The van der Waals surface area contributed by atoms with E-state index in [1.807, 2.05) is 55.5 Å². The first-order valence-electron chi connectivity index (χ1n) is 12.9. The van der Waals surface area contributed by atoms with Gasteiger partial charge in [0.05, 0.1) is 25.3 Å². The highest BCUT2D eigenvalue weighted by molar-refractivity contribution is 6.46. The number of nitrogens with zero attached hydrogens (tertiary/aromatic N) is 1. The summed E-state index contributed by atoms with van der Waals surface area (Å²) in [5.41, 5.74) is 3.39. The number of aliphatic hydroxyl groups excluding tert-OH is 1. The Balaban J connectivity index is 1.76. The predicted octanol–water partition coefficient (Wildman–Crippen LogP) is 6.06. The number of methoxy groups -OCH3 is 1. The van der Waals surface area contributed by atoms with Gasteiger partial charge in [-0.05, 0) is 59.7 Å². The van der Waals surface area contributed by atoms with Gasteiger partial charge < -0.3 is 19.5 Å². The fourth-order valence-corrected chi connectivity index (χ4v) is 4.72. The molecule has 0 aliphatic carbocycles. The van der Waals surface area contributed by atoms with Crippen molar-refractivity contribution in [3.8, 4) is 11.5 Å². The lowest BCUT2D eigenvalue weighted by Crippen LogP contribution is -2.31. The molecule has 6 nitrogen and oxygen atoms in total. The van der Waals surface area contributed by atoms with Gasteiger partial charge in [-0.15, -0.1) is 0 Å². The highest BCUT2D eigenvalue weighted by Crippen LogP contribution is 2.40. The van der Waals surface area contributed by atoms with Gasteiger partial charge in [0.2, 0.25) is 0 Å². The van der Waals surface area contributed by atoms with Crippen molar-refractivity contribution >= 4 is 17.4 Å². The maximum Gasteiger partial charge on any atom is 0.295 e. The molecule has 1 aliphatic rings. The van der Waals surface area contributed by atoms with E-state index in [1.165, 1.54) is 0 Å². The molecule has 3 aromatic carbocycles. The van der Waals surface area contributed by atoms with Crippen LogP contribution < -0.4 is 9.47 Å². The quantitative estimate of drug-likeness (QED) is 0.225. The van der Waals surface area contributed by atoms with Crippen LogP contribution >= 0.6 is 0 Å². The number of hydrogen-bond acceptors (Lipinski definition) is 5. The first kappa shape index (κ1) is 27.0. The molecule has 0 bridgehead atoms. The minimum atomic E-state index is -0.710. The molecule has 3 aromatic rings. The zero-order valence-corrected chi connectivity index (χ0v) is 22.7. The Kier molecular flexibility index (Phi) is 7.91. The molecule has 1 unspecified atom stereocenters. The van der Waals surface area contributed by atoms with Crippen LogP contribution in [0.15, 0.2) is 78.4 Å². The number of likely N-dealkylation sites (tertiary alicyclic amines) is 1. The minimum absolute atomic E-state index is 0.0472. The van der Waals surface area contributed by atoms with Crippen LogP contribution in [0.2, 0.25) is 0 Å². The first-order valence-corrected chi connectivity index (χ1v) is 12.9. The Hall–Kier alpha value is -4.06. The number of ether oxygens (including phenoxy) is 2. The average Bonchev–Trinajstić information content (AvgIpc) is 3.16. The van der Waals surface area contributed by atoms with E-state index in [9.17, 15) is 14.7 Å². The Morgan fingerprint density at radius 3 is 2.24 bits per heavy atom. The van der Waals surface area contributed by atoms with E-state index >= 15 is 0 Å². The lowest BCUT2D eigenvalue weighted by Gasteiger charge is -2.26. The third kappa shape index (κ3) is 5.59. The van der Waals surface area contributed by atoms with E-state index in [1.54, 1.807) is 36.3 Å². The molecule has 1 N–H and O–H groups in total. The van der Waals surface area contributed by atoms with Crippen LogP contribution in [0.3, 0.4) is 0 Å². The number of Topliss-reactive ketones (excluding diaryl/α,β-unsaturated/α-hetero) is 1. The maximum atomic E-state index is 13.4. The molecule has 38 heavy (non-hydrogen) atoms. The van der Waals surface area contributed by atoms with Gasteiger partial charge in [0, 0.05) is 12.1 Å². The summed E-state index contributed by atoms with van der Waals surface area (Å²) in [6.45, 7) is 9.07. The highest BCUT2D eigenvalue weighted by atomic mass is 16.5. The molecular formula is C32H35NO5. The van der Waals surface area contributed by atoms with Crippen LogP contribution in [0, 0.1) is 0 Å². The second-order valence-electron chi connectivity index (χ2n) is 10.4. The molecule has 4 rings (SSSR count). The van der Waals surface area contributed by atoms with Crippen molar-refractivity contribution in [2.24, 2.45) is 0 Å². The third-order valence-corrected chi connectivity index (χ3v) is 6.85. The minimum Gasteiger partial charge on any atom is -0.507 e. The summed E-state index contributed by atoms with van der Waals surface area (Å²) >= 11 is 0. The van der Waals surface area contributed by atoms with Gasteiger partial charge in [-0.25, -0.2) is 0 Å². The molecule has 198 valence electrons. The predicted molar refractivity (Wildman–Crippen MR) is 148 cm³/mol. The zero-order chi connectivity index (χ0) is 27.4. The summed E-state index contributed by atoms with van der Waals surface area (Å²) in [6.07, 6.45) is 0.549. The summed E-state index contributed by atoms with van der Waals surface area (Å²) in [7, 11) is 1.61. The highest BCUT2D eigenvalue weighted by Gasteiger charge is 2.45. The first-order chi connectivity index (χ1) is 18.1. The zero-order valence-electron chi connectivity index (χ0n) is 22.7. The SMILES string of the molecule is CCOc1cccc(/C(O)=C2/C(=O)C(=O)N(CCc3ccc(OC)cc3)C2c2ccc(C(C)(C)C)cc2)c1. The number of hydrogen-bond donors (Lipinski definition) is 1. The van der Waals surface area contributed by atoms with E-state index in [0.717, 1.165) is 22.4 Å². The van der Waals surface area contributed by atoms with Crippen molar-refractivity contribution in [2.75, 3.05) is 20.3 Å². The molecule has 6 heteroatoms. The summed E-state index contributed by atoms with van der Waals surface area (Å²) in [5, 5.41) is 11.4. The molecular weight excluding hydrogens is 478 g/mol. The van der Waals surface area contributed by atoms with Crippen molar-refractivity contribution < 1.29 is 24.2 Å². The fourth-order valence-electron chi connectivity index (χ4n) is 4.72. The van der Waals surface area contributed by atoms with Gasteiger partial charge >= 0.3 is 0 Å². The third-order valence-electron chi connectivity index (χ3n) is 6.85. The number of amides is 1. The molecule has 1 atom stereocenters. The molecule has 0 spiro atoms. The molecule has 1 fully saturated rings. The van der Waals surface area contributed by atoms with E-state index in [-0.39, 0.29) is 16.7 Å². The maximum absolute atomic E-state index is 13.4. The van der Waals surface area contributed by atoms with Gasteiger partial charge in [-0.3, -0.25) is 9.59 Å². The van der Waals surface area contributed by atoms with E-state index in [4.69, 9.17) is 9.47 Å². The number of ketones is 1. The van der Waals surface area contributed by atoms with Crippen molar-refractivity contribution in [2.45, 2.75) is 45.6 Å². The van der Waals surface area contributed by atoms with Crippen molar-refractivity contribution in [1.29, 1.82) is 0 Å². The van der Waals surface area contributed by atoms with E-state index < -0.39 is 17.7 Å². The topological polar surface area (TPSA) is 76.1 Å². The van der Waals surface area contributed by atoms with Crippen LogP contribution in [-0.2, 0) is 21.4 Å². The van der Waals surface area contributed by atoms with Crippen LogP contribution in [-0.4, -0.2) is 42.0 Å². The Labute approximate surface area is 224 Å². The second-order valence-corrected chi connectivity index (χ2v) is 10.4. The summed E-state index contributed by atoms with van der Waals surface area (Å²) < 4.78 is 10.8. The fraction of sp³-hybridized carbons (Fsp3) is 0.312. The Bertz CT molecular complexity index is 1330. The molecule has 0 saturated carbocycles. The number of carbonyl (C=O) groups excluding carboxylic acids is 2. The van der Waals surface area contributed by atoms with Crippen LogP contribution in [0.1, 0.15) is 56.0 Å². The van der Waals surface area contributed by atoms with Crippen molar-refractivity contribution in [3.63, 3.8) is 0 Å². The lowest BCUT2D eigenvalue weighted by molar-refractivity contribution is -0.139. The summed E-state index contributed by atoms with van der Waals surface area (Å²) in [6, 6.07) is 21.8. The smallest absolute Gasteiger partial charge is 0.295 e. The molecule has 1 heterocycles. The standard InChI is InChI=1S/C32H35NO5/c1-6-38-26-9-7-8-23(20-26)29(34)27-28(22-12-14-24(15-13-22)32(2,3)4)33(31(36)30(27)35)19-18-21-10-16-25(37-5)17-11-21/h7-17,20,28,34H,6,18-19H2,1-5H3/b29-27-. The largest absolute Gasteiger partial charge is 0.507 e. The van der Waals surface area contributed by atoms with Crippen molar-refractivity contribution in [1.82, 2.24) is 4.90 Å². The number of rotatable bonds is 8. The van der Waals surface area contributed by atoms with Crippen LogP contribution in [0.4, 0.5) is 0 Å². The normalized spacial score (nSPS) is 17.1. The Morgan fingerprint density at radius 2 is 1.63 bits per heavy atom.